The molecule has 29 heavy (non-hydrogen) atoms. The quantitative estimate of drug-likeness (QED) is 0.523. The zero-order valence-electron chi connectivity index (χ0n) is 16.5. The molecule has 158 valence electrons. The Kier molecular flexibility index (Phi) is 4.99. The van der Waals surface area contributed by atoms with Crippen LogP contribution in [0.5, 0.6) is 5.75 Å². The number of alkyl halides is 1. The SMILES string of the molecule is COc1c(N2C[C@@H](C[C@@H](N)OC)[C@@H](F)C2)ccc2c(=O)n(N)c(=O)n(C3CC3)c12. The molecule has 1 aliphatic heterocycles. The second-order valence-electron chi connectivity index (χ2n) is 7.76. The van der Waals surface area contributed by atoms with Crippen LogP contribution >= 0.6 is 0 Å². The molecule has 1 saturated carbocycles. The second kappa shape index (κ2) is 7.34. The van der Waals surface area contributed by atoms with Crippen molar-refractivity contribution in [3.05, 3.63) is 33.0 Å². The van der Waals surface area contributed by atoms with Gasteiger partial charge in [0.2, 0.25) is 0 Å². The molecule has 0 amide bonds. The predicted molar refractivity (Wildman–Crippen MR) is 108 cm³/mol. The van der Waals surface area contributed by atoms with Crippen LogP contribution in [0.25, 0.3) is 10.9 Å². The molecule has 1 aromatic heterocycles. The van der Waals surface area contributed by atoms with Crippen molar-refractivity contribution in [3.63, 3.8) is 0 Å². The van der Waals surface area contributed by atoms with E-state index in [4.69, 9.17) is 21.1 Å². The molecular weight excluding hydrogens is 381 g/mol. The molecular formula is C19H26FN5O4. The molecule has 4 N–H and O–H groups in total. The van der Waals surface area contributed by atoms with Gasteiger partial charge in [-0.15, -0.1) is 0 Å². The van der Waals surface area contributed by atoms with E-state index in [2.05, 4.69) is 0 Å². The minimum absolute atomic E-state index is 0.0236. The summed E-state index contributed by atoms with van der Waals surface area (Å²) < 4.78 is 27.5. The van der Waals surface area contributed by atoms with Crippen molar-refractivity contribution < 1.29 is 13.9 Å². The summed E-state index contributed by atoms with van der Waals surface area (Å²) in [5.41, 5.74) is 5.71. The van der Waals surface area contributed by atoms with Crippen LogP contribution in [0.15, 0.2) is 21.7 Å². The van der Waals surface area contributed by atoms with Gasteiger partial charge in [0.25, 0.3) is 5.56 Å². The van der Waals surface area contributed by atoms with Gasteiger partial charge < -0.3 is 25.9 Å². The number of methoxy groups -OCH3 is 2. The average Bonchev–Trinajstić information content (AvgIpc) is 3.48. The van der Waals surface area contributed by atoms with Crippen LogP contribution in [-0.4, -0.2) is 49.0 Å². The average molecular weight is 407 g/mol. The van der Waals surface area contributed by atoms with E-state index in [1.165, 1.54) is 18.8 Å². The Morgan fingerprint density at radius 1 is 1.24 bits per heavy atom. The molecule has 2 fully saturated rings. The first-order valence-corrected chi connectivity index (χ1v) is 9.68. The molecule has 10 heteroatoms. The second-order valence-corrected chi connectivity index (χ2v) is 7.76. The van der Waals surface area contributed by atoms with Gasteiger partial charge in [0.05, 0.1) is 18.2 Å². The summed E-state index contributed by atoms with van der Waals surface area (Å²) in [4.78, 5) is 27.1. The molecule has 2 heterocycles. The van der Waals surface area contributed by atoms with E-state index >= 15 is 0 Å². The number of fused-ring (bicyclic) bond motifs is 1. The summed E-state index contributed by atoms with van der Waals surface area (Å²) in [6.07, 6.45) is 0.454. The lowest BCUT2D eigenvalue weighted by Gasteiger charge is -2.24. The zero-order valence-corrected chi connectivity index (χ0v) is 16.5. The third-order valence-corrected chi connectivity index (χ3v) is 5.87. The Hall–Kier alpha value is -2.59. The summed E-state index contributed by atoms with van der Waals surface area (Å²) in [5.74, 6) is 5.81. The third-order valence-electron chi connectivity index (χ3n) is 5.87. The van der Waals surface area contributed by atoms with Crippen LogP contribution < -0.4 is 32.5 Å². The van der Waals surface area contributed by atoms with Crippen molar-refractivity contribution in [1.29, 1.82) is 0 Å². The van der Waals surface area contributed by atoms with Crippen LogP contribution in [-0.2, 0) is 4.74 Å². The number of halogens is 1. The number of nitrogens with two attached hydrogens (primary N) is 2. The highest BCUT2D eigenvalue weighted by molar-refractivity contribution is 5.90. The van der Waals surface area contributed by atoms with E-state index in [9.17, 15) is 14.0 Å². The molecule has 9 nitrogen and oxygen atoms in total. The van der Waals surface area contributed by atoms with Crippen molar-refractivity contribution in [2.75, 3.05) is 38.1 Å². The number of anilines is 1. The van der Waals surface area contributed by atoms with Gasteiger partial charge in [-0.3, -0.25) is 9.36 Å². The minimum Gasteiger partial charge on any atom is -0.492 e. The number of benzene rings is 1. The van der Waals surface area contributed by atoms with Gasteiger partial charge in [-0.05, 0) is 31.4 Å². The lowest BCUT2D eigenvalue weighted by Crippen LogP contribution is -2.44. The Morgan fingerprint density at radius 3 is 2.59 bits per heavy atom. The van der Waals surface area contributed by atoms with E-state index in [1.54, 1.807) is 12.1 Å². The molecule has 1 aliphatic carbocycles. The minimum atomic E-state index is -1.07. The summed E-state index contributed by atoms with van der Waals surface area (Å²) in [5, 5.41) is 0.300. The number of aromatic nitrogens is 2. The topological polar surface area (TPSA) is 118 Å². The number of rotatable bonds is 6. The lowest BCUT2D eigenvalue weighted by molar-refractivity contribution is 0.0770. The molecule has 2 aliphatic rings. The van der Waals surface area contributed by atoms with Crippen molar-refractivity contribution in [2.45, 2.75) is 37.7 Å². The molecule has 0 bridgehead atoms. The Labute approximate surface area is 166 Å². The van der Waals surface area contributed by atoms with Crippen LogP contribution in [0, 0.1) is 5.92 Å². The van der Waals surface area contributed by atoms with Crippen molar-refractivity contribution >= 4 is 16.6 Å². The number of nitrogen functional groups attached to an aromatic ring is 1. The van der Waals surface area contributed by atoms with E-state index in [1.807, 2.05) is 4.90 Å². The highest BCUT2D eigenvalue weighted by atomic mass is 19.1. The smallest absolute Gasteiger partial charge is 0.350 e. The standard InChI is InChI=1S/C19H26FN5O4/c1-28-15(21)7-10-8-23(9-13(10)20)14-6-5-12-16(17(14)29-2)24(11-3-4-11)19(27)25(22)18(12)26/h5-6,10-11,13,15H,3-4,7-9,21-22H2,1-2H3/t10-,13+,15+/m1/s1. The fourth-order valence-electron chi connectivity index (χ4n) is 4.17. The fourth-order valence-corrected chi connectivity index (χ4v) is 4.17. The molecule has 0 spiro atoms. The predicted octanol–water partition coefficient (Wildman–Crippen LogP) is 0.316. The van der Waals surface area contributed by atoms with Gasteiger partial charge in [0.1, 0.15) is 17.9 Å². The molecule has 3 atom stereocenters. The van der Waals surface area contributed by atoms with Gasteiger partial charge in [-0.2, -0.15) is 4.68 Å². The zero-order chi connectivity index (χ0) is 20.9. The van der Waals surface area contributed by atoms with Gasteiger partial charge in [0, 0.05) is 32.2 Å². The van der Waals surface area contributed by atoms with Crippen molar-refractivity contribution in [2.24, 2.45) is 11.7 Å². The number of hydrogen-bond acceptors (Lipinski definition) is 7. The van der Waals surface area contributed by atoms with Crippen LogP contribution in [0.2, 0.25) is 0 Å². The highest BCUT2D eigenvalue weighted by Crippen LogP contribution is 2.42. The van der Waals surface area contributed by atoms with Gasteiger partial charge >= 0.3 is 5.69 Å². The maximum absolute atomic E-state index is 14.7. The first kappa shape index (κ1) is 19.7. The van der Waals surface area contributed by atoms with E-state index in [0.29, 0.717) is 40.0 Å². The Morgan fingerprint density at radius 2 is 1.97 bits per heavy atom. The summed E-state index contributed by atoms with van der Waals surface area (Å²) in [6, 6.07) is 3.32. The monoisotopic (exact) mass is 407 g/mol. The van der Waals surface area contributed by atoms with Crippen molar-refractivity contribution in [1.82, 2.24) is 9.24 Å². The maximum Gasteiger partial charge on any atom is 0.350 e. The first-order chi connectivity index (χ1) is 13.9. The molecule has 1 aromatic carbocycles. The largest absolute Gasteiger partial charge is 0.492 e. The van der Waals surface area contributed by atoms with Crippen LogP contribution in [0.3, 0.4) is 0 Å². The third kappa shape index (κ3) is 3.25. The maximum atomic E-state index is 14.7. The summed E-state index contributed by atoms with van der Waals surface area (Å²) >= 11 is 0. The number of hydrogen-bond donors (Lipinski definition) is 2. The highest BCUT2D eigenvalue weighted by Gasteiger charge is 2.36. The van der Waals surface area contributed by atoms with Crippen molar-refractivity contribution in [3.8, 4) is 5.75 Å². The van der Waals surface area contributed by atoms with E-state index in [0.717, 1.165) is 12.8 Å². The first-order valence-electron chi connectivity index (χ1n) is 9.68. The lowest BCUT2D eigenvalue weighted by atomic mass is 10.0. The van der Waals surface area contributed by atoms with Crippen LogP contribution in [0.1, 0.15) is 25.3 Å². The summed E-state index contributed by atoms with van der Waals surface area (Å²) in [7, 11) is 2.98. The Balaban J connectivity index is 1.83. The molecule has 2 aromatic rings. The van der Waals surface area contributed by atoms with Crippen LogP contribution in [0.4, 0.5) is 10.1 Å². The molecule has 1 saturated heterocycles. The number of nitrogens with zero attached hydrogens (tertiary/aromatic N) is 3. The van der Waals surface area contributed by atoms with Gasteiger partial charge in [-0.1, -0.05) is 0 Å². The molecule has 0 unspecified atom stereocenters. The molecule has 4 rings (SSSR count). The fraction of sp³-hybridized carbons (Fsp3) is 0.579. The normalized spacial score (nSPS) is 23.0. The molecule has 0 radical (unpaired) electrons. The number of ether oxygens (including phenoxy) is 2. The van der Waals surface area contributed by atoms with Gasteiger partial charge in [0.15, 0.2) is 5.75 Å². The Bertz CT molecular complexity index is 1050. The van der Waals surface area contributed by atoms with Gasteiger partial charge in [-0.25, -0.2) is 9.18 Å². The summed E-state index contributed by atoms with van der Waals surface area (Å²) in [6.45, 7) is 0.603. The van der Waals surface area contributed by atoms with E-state index < -0.39 is 23.6 Å². The van der Waals surface area contributed by atoms with E-state index in [-0.39, 0.29) is 18.5 Å².